The second-order valence-corrected chi connectivity index (χ2v) is 6.70. The lowest BCUT2D eigenvalue weighted by Gasteiger charge is -2.33. The zero-order valence-electron chi connectivity index (χ0n) is 14.4. The van der Waals surface area contributed by atoms with E-state index in [9.17, 15) is 4.79 Å². The Labute approximate surface area is 142 Å². The predicted molar refractivity (Wildman–Crippen MR) is 91.9 cm³/mol. The van der Waals surface area contributed by atoms with E-state index in [1.54, 1.807) is 6.20 Å². The quantitative estimate of drug-likeness (QED) is 0.884. The fourth-order valence-corrected chi connectivity index (χ4v) is 3.26. The Morgan fingerprint density at radius 3 is 3.08 bits per heavy atom. The summed E-state index contributed by atoms with van der Waals surface area (Å²) in [7, 11) is 0. The van der Waals surface area contributed by atoms with Crippen LogP contribution < -0.4 is 5.32 Å². The van der Waals surface area contributed by atoms with Gasteiger partial charge in [-0.25, -0.2) is 4.79 Å². The third-order valence-corrected chi connectivity index (χ3v) is 4.66. The minimum absolute atomic E-state index is 0.0299. The number of aromatic nitrogens is 2. The van der Waals surface area contributed by atoms with Crippen LogP contribution in [0.5, 0.6) is 0 Å². The zero-order chi connectivity index (χ0) is 16.9. The number of hydrogen-bond acceptors (Lipinski definition) is 3. The molecule has 2 N–H and O–H groups in total. The van der Waals surface area contributed by atoms with Gasteiger partial charge in [0.05, 0.1) is 0 Å². The van der Waals surface area contributed by atoms with E-state index < -0.39 is 0 Å². The molecule has 2 aromatic rings. The molecule has 24 heavy (non-hydrogen) atoms. The number of urea groups is 1. The first-order valence-corrected chi connectivity index (χ1v) is 8.72. The number of carbonyl (C=O) groups is 1. The fraction of sp³-hybridized carbons (Fsp3) is 0.556. The van der Waals surface area contributed by atoms with Crippen molar-refractivity contribution < 1.29 is 9.21 Å². The number of aryl methyl sites for hydroxylation is 2. The molecule has 1 aliphatic heterocycles. The van der Waals surface area contributed by atoms with Crippen LogP contribution in [-0.2, 0) is 6.42 Å². The summed E-state index contributed by atoms with van der Waals surface area (Å²) in [6.45, 7) is 5.56. The Balaban J connectivity index is 1.46. The summed E-state index contributed by atoms with van der Waals surface area (Å²) in [6.07, 6.45) is 5.60. The van der Waals surface area contributed by atoms with Gasteiger partial charge >= 0.3 is 6.03 Å². The molecule has 0 aliphatic carbocycles. The molecule has 3 heterocycles. The van der Waals surface area contributed by atoms with E-state index in [0.29, 0.717) is 5.92 Å². The Morgan fingerprint density at radius 2 is 2.38 bits per heavy atom. The van der Waals surface area contributed by atoms with Gasteiger partial charge in [-0.1, -0.05) is 0 Å². The number of nitrogens with one attached hydrogen (secondary N) is 2. The number of amides is 2. The molecule has 2 aromatic heterocycles. The van der Waals surface area contributed by atoms with Crippen LogP contribution in [0, 0.1) is 6.92 Å². The number of aromatic amines is 1. The number of hydrogen-bond donors (Lipinski definition) is 2. The number of nitrogens with zero attached hydrogens (tertiary/aromatic N) is 2. The zero-order valence-corrected chi connectivity index (χ0v) is 14.4. The van der Waals surface area contributed by atoms with Gasteiger partial charge in [0.1, 0.15) is 11.5 Å². The van der Waals surface area contributed by atoms with E-state index in [2.05, 4.69) is 15.5 Å². The third-order valence-electron chi connectivity index (χ3n) is 4.66. The second-order valence-electron chi connectivity index (χ2n) is 6.70. The van der Waals surface area contributed by atoms with Gasteiger partial charge in [-0.2, -0.15) is 5.10 Å². The average Bonchev–Trinajstić information content (AvgIpc) is 3.24. The first-order chi connectivity index (χ1) is 11.6. The Morgan fingerprint density at radius 1 is 1.50 bits per heavy atom. The monoisotopic (exact) mass is 330 g/mol. The van der Waals surface area contributed by atoms with Crippen molar-refractivity contribution in [2.45, 2.75) is 51.5 Å². The molecule has 6 heteroatoms. The van der Waals surface area contributed by atoms with E-state index in [-0.39, 0.29) is 12.1 Å². The molecule has 1 saturated heterocycles. The minimum Gasteiger partial charge on any atom is -0.466 e. The number of piperidine rings is 1. The highest BCUT2D eigenvalue weighted by molar-refractivity contribution is 5.74. The second kappa shape index (κ2) is 7.55. The molecule has 0 bridgehead atoms. The predicted octanol–water partition coefficient (Wildman–Crippen LogP) is 3.22. The van der Waals surface area contributed by atoms with E-state index in [1.807, 2.05) is 36.9 Å². The fourth-order valence-electron chi connectivity index (χ4n) is 3.26. The summed E-state index contributed by atoms with van der Waals surface area (Å²) in [4.78, 5) is 14.4. The lowest BCUT2D eigenvalue weighted by Crippen LogP contribution is -2.47. The number of carbonyl (C=O) groups excluding carboxylic acids is 1. The first kappa shape index (κ1) is 16.6. The van der Waals surface area contributed by atoms with Gasteiger partial charge in [0.2, 0.25) is 0 Å². The number of rotatable bonds is 5. The van der Waals surface area contributed by atoms with Crippen LogP contribution in [0.3, 0.4) is 0 Å². The van der Waals surface area contributed by atoms with Crippen molar-refractivity contribution in [2.24, 2.45) is 0 Å². The van der Waals surface area contributed by atoms with Crippen LogP contribution in [0.1, 0.15) is 49.3 Å². The standard InChI is InChI=1S/C18H26N4O2/c1-13(5-7-16-8-6-14(2)24-16)20-18(23)22-11-3-4-15(12-22)17-9-10-19-21-17/h6,8-10,13,15H,3-5,7,11-12H2,1-2H3,(H,19,21)(H,20,23)/t13-,15-/m0/s1. The van der Waals surface area contributed by atoms with Crippen molar-refractivity contribution in [1.82, 2.24) is 20.4 Å². The van der Waals surface area contributed by atoms with Crippen molar-refractivity contribution in [3.05, 3.63) is 41.6 Å². The molecule has 6 nitrogen and oxygen atoms in total. The van der Waals surface area contributed by atoms with E-state index in [0.717, 1.165) is 56.0 Å². The van der Waals surface area contributed by atoms with Crippen molar-refractivity contribution in [1.29, 1.82) is 0 Å². The summed E-state index contributed by atoms with van der Waals surface area (Å²) < 4.78 is 5.58. The van der Waals surface area contributed by atoms with Crippen molar-refractivity contribution >= 4 is 6.03 Å². The summed E-state index contributed by atoms with van der Waals surface area (Å²) >= 11 is 0. The van der Waals surface area contributed by atoms with E-state index in [4.69, 9.17) is 4.42 Å². The normalized spacial score (nSPS) is 19.2. The highest BCUT2D eigenvalue weighted by atomic mass is 16.3. The van der Waals surface area contributed by atoms with Crippen LogP contribution in [0.15, 0.2) is 28.8 Å². The Hall–Kier alpha value is -2.24. The highest BCUT2D eigenvalue weighted by Crippen LogP contribution is 2.25. The van der Waals surface area contributed by atoms with Gasteiger partial charge in [-0.05, 0) is 51.3 Å². The molecule has 0 spiro atoms. The van der Waals surface area contributed by atoms with Crippen LogP contribution in [0.4, 0.5) is 4.79 Å². The van der Waals surface area contributed by atoms with Gasteiger partial charge in [-0.15, -0.1) is 0 Å². The maximum absolute atomic E-state index is 12.5. The van der Waals surface area contributed by atoms with Crippen LogP contribution in [0.25, 0.3) is 0 Å². The molecule has 3 rings (SSSR count). The Bertz CT molecular complexity index is 650. The summed E-state index contributed by atoms with van der Waals surface area (Å²) in [5.74, 6) is 2.26. The van der Waals surface area contributed by atoms with Gasteiger partial charge in [0.25, 0.3) is 0 Å². The maximum atomic E-state index is 12.5. The van der Waals surface area contributed by atoms with E-state index >= 15 is 0 Å². The summed E-state index contributed by atoms with van der Waals surface area (Å²) in [6, 6.07) is 6.13. The van der Waals surface area contributed by atoms with Gasteiger partial charge in [0.15, 0.2) is 0 Å². The molecule has 1 fully saturated rings. The van der Waals surface area contributed by atoms with Gasteiger partial charge in [0, 0.05) is 43.4 Å². The molecular formula is C18H26N4O2. The van der Waals surface area contributed by atoms with Crippen LogP contribution in [0.2, 0.25) is 0 Å². The van der Waals surface area contributed by atoms with Crippen LogP contribution >= 0.6 is 0 Å². The van der Waals surface area contributed by atoms with Crippen molar-refractivity contribution in [2.75, 3.05) is 13.1 Å². The maximum Gasteiger partial charge on any atom is 0.317 e. The average molecular weight is 330 g/mol. The first-order valence-electron chi connectivity index (χ1n) is 8.72. The molecular weight excluding hydrogens is 304 g/mol. The third kappa shape index (κ3) is 4.19. The van der Waals surface area contributed by atoms with Crippen LogP contribution in [-0.4, -0.2) is 40.3 Å². The lowest BCUT2D eigenvalue weighted by molar-refractivity contribution is 0.175. The Kier molecular flexibility index (Phi) is 5.23. The minimum atomic E-state index is 0.0299. The SMILES string of the molecule is Cc1ccc(CC[C@H](C)NC(=O)N2CCC[C@H](c3ccn[nH]3)C2)o1. The lowest BCUT2D eigenvalue weighted by atomic mass is 9.95. The molecule has 1 aliphatic rings. The van der Waals surface area contributed by atoms with Gasteiger partial charge in [-0.3, -0.25) is 5.10 Å². The topological polar surface area (TPSA) is 74.2 Å². The van der Waals surface area contributed by atoms with Crippen molar-refractivity contribution in [3.63, 3.8) is 0 Å². The molecule has 0 saturated carbocycles. The van der Waals surface area contributed by atoms with Crippen molar-refractivity contribution in [3.8, 4) is 0 Å². The number of furan rings is 1. The molecule has 2 atom stereocenters. The number of likely N-dealkylation sites (tertiary alicyclic amines) is 1. The highest BCUT2D eigenvalue weighted by Gasteiger charge is 2.26. The molecule has 130 valence electrons. The largest absolute Gasteiger partial charge is 0.466 e. The number of H-pyrrole nitrogens is 1. The molecule has 0 unspecified atom stereocenters. The molecule has 0 radical (unpaired) electrons. The van der Waals surface area contributed by atoms with E-state index in [1.165, 1.54) is 0 Å². The molecule has 0 aromatic carbocycles. The van der Waals surface area contributed by atoms with Gasteiger partial charge < -0.3 is 14.6 Å². The smallest absolute Gasteiger partial charge is 0.317 e. The summed E-state index contributed by atoms with van der Waals surface area (Å²) in [5, 5.41) is 10.2. The summed E-state index contributed by atoms with van der Waals surface area (Å²) in [5.41, 5.74) is 1.12. The molecule has 2 amide bonds.